The summed E-state index contributed by atoms with van der Waals surface area (Å²) in [5.41, 5.74) is 2.08. The third-order valence-electron chi connectivity index (χ3n) is 2.72. The second-order valence-corrected chi connectivity index (χ2v) is 4.49. The molecule has 0 saturated heterocycles. The Bertz CT molecular complexity index is 562. The highest BCUT2D eigenvalue weighted by molar-refractivity contribution is 5.85. The van der Waals surface area contributed by atoms with Crippen LogP contribution < -0.4 is 5.32 Å². The molecule has 1 aromatic carbocycles. The van der Waals surface area contributed by atoms with Crippen molar-refractivity contribution in [2.45, 2.75) is 19.8 Å². The molecule has 2 rings (SSSR count). The predicted octanol–water partition coefficient (Wildman–Crippen LogP) is 3.04. The molecule has 5 nitrogen and oxygen atoms in total. The lowest BCUT2D eigenvalue weighted by Crippen LogP contribution is -2.02. The number of rotatable bonds is 4. The molecule has 0 atom stereocenters. The number of hydrogen-bond donors (Lipinski definition) is 2. The summed E-state index contributed by atoms with van der Waals surface area (Å²) in [4.78, 5) is 18.4. The SMILES string of the molecule is CC(C)c1ccc(Nc2cnc(C(=O)O)cn2)cc1. The molecule has 0 spiro atoms. The maximum atomic E-state index is 10.6. The van der Waals surface area contributed by atoms with Gasteiger partial charge in [-0.2, -0.15) is 0 Å². The van der Waals surface area contributed by atoms with Crippen LogP contribution in [0.2, 0.25) is 0 Å². The Morgan fingerprint density at radius 3 is 2.32 bits per heavy atom. The van der Waals surface area contributed by atoms with Gasteiger partial charge in [-0.3, -0.25) is 0 Å². The van der Waals surface area contributed by atoms with Gasteiger partial charge in [0.2, 0.25) is 0 Å². The Balaban J connectivity index is 2.10. The number of hydrogen-bond acceptors (Lipinski definition) is 4. The zero-order chi connectivity index (χ0) is 13.8. The predicted molar refractivity (Wildman–Crippen MR) is 72.8 cm³/mol. The summed E-state index contributed by atoms with van der Waals surface area (Å²) in [7, 11) is 0. The van der Waals surface area contributed by atoms with Gasteiger partial charge in [0.25, 0.3) is 0 Å². The van der Waals surface area contributed by atoms with Gasteiger partial charge in [-0.1, -0.05) is 26.0 Å². The number of aromatic carboxylic acids is 1. The van der Waals surface area contributed by atoms with E-state index in [9.17, 15) is 4.79 Å². The van der Waals surface area contributed by atoms with E-state index in [4.69, 9.17) is 5.11 Å². The second-order valence-electron chi connectivity index (χ2n) is 4.49. The number of aromatic nitrogens is 2. The van der Waals surface area contributed by atoms with Gasteiger partial charge in [-0.05, 0) is 23.6 Å². The van der Waals surface area contributed by atoms with E-state index >= 15 is 0 Å². The van der Waals surface area contributed by atoms with Gasteiger partial charge in [0.15, 0.2) is 5.69 Å². The van der Waals surface area contributed by atoms with Gasteiger partial charge in [0, 0.05) is 5.69 Å². The van der Waals surface area contributed by atoms with E-state index in [-0.39, 0.29) is 5.69 Å². The summed E-state index contributed by atoms with van der Waals surface area (Å²) in [5.74, 6) is -0.0775. The highest BCUT2D eigenvalue weighted by Crippen LogP contribution is 2.19. The highest BCUT2D eigenvalue weighted by Gasteiger charge is 2.05. The summed E-state index contributed by atoms with van der Waals surface area (Å²) < 4.78 is 0. The lowest BCUT2D eigenvalue weighted by atomic mass is 10.0. The van der Waals surface area contributed by atoms with Crippen LogP contribution in [0.1, 0.15) is 35.8 Å². The van der Waals surface area contributed by atoms with E-state index in [0.717, 1.165) is 5.69 Å². The van der Waals surface area contributed by atoms with Crippen LogP contribution in [-0.4, -0.2) is 21.0 Å². The maximum absolute atomic E-state index is 10.6. The Morgan fingerprint density at radius 2 is 1.84 bits per heavy atom. The van der Waals surface area contributed by atoms with Gasteiger partial charge in [-0.25, -0.2) is 14.8 Å². The van der Waals surface area contributed by atoms with Crippen LogP contribution in [0.25, 0.3) is 0 Å². The first-order chi connectivity index (χ1) is 9.06. The molecule has 0 aliphatic carbocycles. The molecular weight excluding hydrogens is 242 g/mol. The number of nitrogens with one attached hydrogen (secondary N) is 1. The molecule has 0 radical (unpaired) electrons. The number of carboxylic acid groups (broad SMARTS) is 1. The van der Waals surface area contributed by atoms with Crippen LogP contribution >= 0.6 is 0 Å². The third-order valence-corrected chi connectivity index (χ3v) is 2.72. The van der Waals surface area contributed by atoms with Crippen molar-refractivity contribution in [1.82, 2.24) is 9.97 Å². The molecule has 0 unspecified atom stereocenters. The highest BCUT2D eigenvalue weighted by atomic mass is 16.4. The molecule has 0 aliphatic rings. The Kier molecular flexibility index (Phi) is 3.75. The first kappa shape index (κ1) is 13.0. The molecule has 0 amide bonds. The van der Waals surface area contributed by atoms with Crippen molar-refractivity contribution in [2.75, 3.05) is 5.32 Å². The summed E-state index contributed by atoms with van der Waals surface area (Å²) >= 11 is 0. The molecule has 0 saturated carbocycles. The molecule has 98 valence electrons. The average molecular weight is 257 g/mol. The number of nitrogens with zero attached hydrogens (tertiary/aromatic N) is 2. The number of anilines is 2. The van der Waals surface area contributed by atoms with Crippen molar-refractivity contribution in [3.8, 4) is 0 Å². The molecular formula is C14H15N3O2. The minimum atomic E-state index is -1.08. The van der Waals surface area contributed by atoms with E-state index in [2.05, 4.69) is 29.1 Å². The Labute approximate surface area is 111 Å². The average Bonchev–Trinajstić information content (AvgIpc) is 2.40. The summed E-state index contributed by atoms with van der Waals surface area (Å²) in [6, 6.07) is 8.02. The molecule has 0 aliphatic heterocycles. The van der Waals surface area contributed by atoms with Crippen LogP contribution in [-0.2, 0) is 0 Å². The lowest BCUT2D eigenvalue weighted by Gasteiger charge is -2.08. The van der Waals surface area contributed by atoms with Crippen molar-refractivity contribution < 1.29 is 9.90 Å². The normalized spacial score (nSPS) is 10.5. The fourth-order valence-corrected chi connectivity index (χ4v) is 1.60. The molecule has 1 heterocycles. The third kappa shape index (κ3) is 3.28. The standard InChI is InChI=1S/C14H15N3O2/c1-9(2)10-3-5-11(6-4-10)17-13-8-15-12(7-16-13)14(18)19/h3-9H,1-2H3,(H,16,17)(H,18,19). The molecule has 0 fully saturated rings. The fourth-order valence-electron chi connectivity index (χ4n) is 1.60. The maximum Gasteiger partial charge on any atom is 0.356 e. The zero-order valence-corrected chi connectivity index (χ0v) is 10.8. The van der Waals surface area contributed by atoms with Crippen LogP contribution in [0.3, 0.4) is 0 Å². The molecule has 0 bridgehead atoms. The van der Waals surface area contributed by atoms with E-state index < -0.39 is 5.97 Å². The van der Waals surface area contributed by atoms with E-state index in [1.165, 1.54) is 18.0 Å². The van der Waals surface area contributed by atoms with E-state index in [1.54, 1.807) is 0 Å². The van der Waals surface area contributed by atoms with Gasteiger partial charge in [-0.15, -0.1) is 0 Å². The van der Waals surface area contributed by atoms with Crippen molar-refractivity contribution in [3.63, 3.8) is 0 Å². The molecule has 1 aromatic heterocycles. The number of carboxylic acids is 1. The Morgan fingerprint density at radius 1 is 1.16 bits per heavy atom. The minimum Gasteiger partial charge on any atom is -0.476 e. The van der Waals surface area contributed by atoms with Gasteiger partial charge in [0.05, 0.1) is 12.4 Å². The smallest absolute Gasteiger partial charge is 0.356 e. The van der Waals surface area contributed by atoms with Crippen molar-refractivity contribution in [1.29, 1.82) is 0 Å². The first-order valence-corrected chi connectivity index (χ1v) is 5.98. The molecule has 19 heavy (non-hydrogen) atoms. The number of carbonyl (C=O) groups is 1. The fraction of sp³-hybridized carbons (Fsp3) is 0.214. The van der Waals surface area contributed by atoms with Gasteiger partial charge >= 0.3 is 5.97 Å². The summed E-state index contributed by atoms with van der Waals surface area (Å²) in [6.07, 6.45) is 2.63. The molecule has 2 N–H and O–H groups in total. The first-order valence-electron chi connectivity index (χ1n) is 5.98. The largest absolute Gasteiger partial charge is 0.476 e. The van der Waals surface area contributed by atoms with Gasteiger partial charge in [0.1, 0.15) is 5.82 Å². The summed E-state index contributed by atoms with van der Waals surface area (Å²) in [6.45, 7) is 4.27. The lowest BCUT2D eigenvalue weighted by molar-refractivity contribution is 0.0690. The molecule has 5 heteroatoms. The monoisotopic (exact) mass is 257 g/mol. The quantitative estimate of drug-likeness (QED) is 0.880. The minimum absolute atomic E-state index is 0.0688. The summed E-state index contributed by atoms with van der Waals surface area (Å²) in [5, 5.41) is 11.8. The van der Waals surface area contributed by atoms with E-state index in [1.807, 2.05) is 24.3 Å². The van der Waals surface area contributed by atoms with E-state index in [0.29, 0.717) is 11.7 Å². The van der Waals surface area contributed by atoms with Gasteiger partial charge < -0.3 is 10.4 Å². The van der Waals surface area contributed by atoms with Crippen molar-refractivity contribution in [2.24, 2.45) is 0 Å². The second kappa shape index (κ2) is 5.48. The van der Waals surface area contributed by atoms with Crippen LogP contribution in [0.5, 0.6) is 0 Å². The van der Waals surface area contributed by atoms with Crippen LogP contribution in [0.4, 0.5) is 11.5 Å². The topological polar surface area (TPSA) is 75.1 Å². The van der Waals surface area contributed by atoms with Crippen molar-refractivity contribution in [3.05, 3.63) is 47.9 Å². The van der Waals surface area contributed by atoms with Crippen LogP contribution in [0, 0.1) is 0 Å². The van der Waals surface area contributed by atoms with Crippen molar-refractivity contribution >= 4 is 17.5 Å². The van der Waals surface area contributed by atoms with Crippen LogP contribution in [0.15, 0.2) is 36.7 Å². The Hall–Kier alpha value is -2.43. The number of benzene rings is 1. The zero-order valence-electron chi connectivity index (χ0n) is 10.8. The molecule has 2 aromatic rings.